The number of halogens is 20. The summed E-state index contributed by atoms with van der Waals surface area (Å²) in [7, 11) is 0. The van der Waals surface area contributed by atoms with Crippen molar-refractivity contribution in [2.75, 3.05) is 26.4 Å². The third-order valence-corrected chi connectivity index (χ3v) is 19.1. The van der Waals surface area contributed by atoms with E-state index in [4.69, 9.17) is 18.9 Å². The number of alkyl halides is 20. The van der Waals surface area contributed by atoms with E-state index in [2.05, 4.69) is 0 Å². The lowest BCUT2D eigenvalue weighted by Gasteiger charge is -2.42. The number of ether oxygens (including phenoxy) is 4. The topological polar surface area (TPSA) is 199 Å². The number of hydrogen-bond acceptors (Lipinski definition) is 12. The number of aromatic hydroxyl groups is 8. The van der Waals surface area contributed by atoms with Crippen molar-refractivity contribution in [2.45, 2.75) is 168 Å². The number of phenolic OH excluding ortho intramolecular Hbond substituents is 8. The van der Waals surface area contributed by atoms with Crippen LogP contribution < -0.4 is 18.9 Å². The van der Waals surface area contributed by atoms with Crippen LogP contribution in [0.2, 0.25) is 0 Å². The molecule has 8 aromatic carbocycles. The molecule has 1 aliphatic carbocycles. The highest BCUT2D eigenvalue weighted by Gasteiger charge is 2.95. The monoisotopic (exact) mass is 1590 g/mol. The molecule has 12 nitrogen and oxygen atoms in total. The van der Waals surface area contributed by atoms with Crippen molar-refractivity contribution < 1.29 is 148 Å². The smallest absolute Gasteiger partial charge is 0.460 e. The molecule has 0 aliphatic heterocycles. The molecule has 8 N–H and O–H groups in total. The SMILES string of the molecule is CCCCCOc1ccc(C2c3cc(c(O)cc3O)C(c3ccc(OCCCCC)cc3)c3cc(c(O)cc3O)C(c3ccc(OCCCCC(F)(F)C(F)(F)C(F)(F)C(F)(F)C(F)(F)C(F)(F)C(F)(F)C(F)(F)F)cc3)c3cc(c(O)cc3O)C(c3ccc(OCCCCC(F)(F)F)cc3)c3cc2c(O)cc3O)cc1. The number of fused-ring (bicyclic) bond motifs is 8. The summed E-state index contributed by atoms with van der Waals surface area (Å²) >= 11 is 0. The maximum atomic E-state index is 14.9. The molecule has 8 bridgehead atoms. The Balaban J connectivity index is 1.19. The third kappa shape index (κ3) is 17.4. The van der Waals surface area contributed by atoms with Crippen molar-refractivity contribution in [3.8, 4) is 69.0 Å². The molecule has 0 fully saturated rings. The minimum absolute atomic E-state index is 0.0131. The van der Waals surface area contributed by atoms with Gasteiger partial charge in [0.15, 0.2) is 0 Å². The molecule has 0 spiro atoms. The predicted octanol–water partition coefficient (Wildman–Crippen LogP) is 22.2. The zero-order chi connectivity index (χ0) is 81.8. The van der Waals surface area contributed by atoms with Gasteiger partial charge >= 0.3 is 53.8 Å². The number of benzene rings is 8. The van der Waals surface area contributed by atoms with E-state index in [0.717, 1.165) is 68.5 Å². The summed E-state index contributed by atoms with van der Waals surface area (Å²) in [4.78, 5) is 0. The molecule has 4 atom stereocenters. The number of rotatable bonds is 31. The van der Waals surface area contributed by atoms with Gasteiger partial charge in [-0.1, -0.05) is 88.1 Å². The Morgan fingerprint density at radius 2 is 0.459 bits per heavy atom. The molecule has 1 aliphatic rings. The molecule has 0 amide bonds. The molecule has 0 heterocycles. The molecule has 0 radical (unpaired) electrons. The van der Waals surface area contributed by atoms with Crippen LogP contribution in [0, 0.1) is 0 Å². The summed E-state index contributed by atoms with van der Waals surface area (Å²) in [6.07, 6.45) is -14.0. The summed E-state index contributed by atoms with van der Waals surface area (Å²) in [6.45, 7) is 3.62. The maximum absolute atomic E-state index is 14.9. The van der Waals surface area contributed by atoms with Gasteiger partial charge in [0.2, 0.25) is 0 Å². The van der Waals surface area contributed by atoms with Crippen LogP contribution >= 0.6 is 0 Å². The van der Waals surface area contributed by atoms with E-state index in [1.165, 1.54) is 60.7 Å². The van der Waals surface area contributed by atoms with Crippen LogP contribution in [0.25, 0.3) is 0 Å². The molecule has 32 heteroatoms. The molecule has 0 saturated carbocycles. The molecule has 111 heavy (non-hydrogen) atoms. The van der Waals surface area contributed by atoms with Gasteiger partial charge in [0.25, 0.3) is 0 Å². The van der Waals surface area contributed by atoms with Crippen molar-refractivity contribution in [1.82, 2.24) is 0 Å². The molecule has 0 aromatic heterocycles. The van der Waals surface area contributed by atoms with Crippen LogP contribution in [0.5, 0.6) is 69.0 Å². The number of phenols is 8. The van der Waals surface area contributed by atoms with Gasteiger partial charge in [0.05, 0.1) is 26.4 Å². The van der Waals surface area contributed by atoms with E-state index in [0.29, 0.717) is 42.3 Å². The first-order valence-electron chi connectivity index (χ1n) is 34.8. The van der Waals surface area contributed by atoms with Crippen molar-refractivity contribution >= 4 is 0 Å². The molecular formula is C79H74F20O12. The molecule has 8 aromatic rings. The second-order valence-corrected chi connectivity index (χ2v) is 26.9. The minimum Gasteiger partial charge on any atom is -0.507 e. The number of hydrogen-bond donors (Lipinski definition) is 8. The summed E-state index contributed by atoms with van der Waals surface area (Å²) in [5.41, 5.74) is -0.0106. The first-order chi connectivity index (χ1) is 51.9. The van der Waals surface area contributed by atoms with Gasteiger partial charge in [-0.2, -0.15) is 87.8 Å². The van der Waals surface area contributed by atoms with E-state index in [9.17, 15) is 129 Å². The summed E-state index contributed by atoms with van der Waals surface area (Å²) in [6, 6.07) is 32.7. The fraction of sp³-hybridized carbons (Fsp3) is 0.392. The van der Waals surface area contributed by atoms with Crippen molar-refractivity contribution in [2.24, 2.45) is 0 Å². The standard InChI is InChI=1S/C79H74F20O12/c1-3-5-9-31-108-47-21-13-43(14-22-47)67-51-35-52(60(101)39-59(51)100)68(44-15-23-48(24-16-44)109-32-10-6-4-2)54-37-57(65(106)41-62(54)103)70(46-19-27-50(28-20-46)111-34-12-8-30-72(82,83)84)58-38-56(64(105)42-66(58)107)69(55-36-53(67)61(102)40-63(55)104)45-17-25-49(26-18-45)110-33-11-7-29-71(80,81)73(85,86)74(87,88)75(89,90)76(91,92)77(93,94)78(95,96)79(97,98)99/h13-28,35-42,67-70,100-107H,3-12,29-34H2,1-2H3. The third-order valence-electron chi connectivity index (χ3n) is 19.1. The zero-order valence-electron chi connectivity index (χ0n) is 58.7. The molecule has 9 rings (SSSR count). The zero-order valence-corrected chi connectivity index (χ0v) is 58.7. The lowest BCUT2D eigenvalue weighted by atomic mass is 9.75. The summed E-state index contributed by atoms with van der Waals surface area (Å²) in [5.74, 6) is -67.6. The molecule has 602 valence electrons. The van der Waals surface area contributed by atoms with Crippen LogP contribution in [0.3, 0.4) is 0 Å². The highest BCUT2D eigenvalue weighted by Crippen LogP contribution is 2.65. The normalized spacial score (nSPS) is 16.2. The Kier molecular flexibility index (Phi) is 25.3. The van der Waals surface area contributed by atoms with Crippen LogP contribution in [-0.4, -0.2) is 121 Å². The van der Waals surface area contributed by atoms with Gasteiger partial charge in [-0.05, 0) is 134 Å². The van der Waals surface area contributed by atoms with Crippen LogP contribution in [0.15, 0.2) is 146 Å². The van der Waals surface area contributed by atoms with Gasteiger partial charge in [0.1, 0.15) is 69.0 Å². The fourth-order valence-corrected chi connectivity index (χ4v) is 13.1. The highest BCUT2D eigenvalue weighted by atomic mass is 19.4. The van der Waals surface area contributed by atoms with Gasteiger partial charge in [-0.3, -0.25) is 0 Å². The number of unbranched alkanes of at least 4 members (excludes halogenated alkanes) is 6. The van der Waals surface area contributed by atoms with Crippen LogP contribution in [0.1, 0.15) is 181 Å². The highest BCUT2D eigenvalue weighted by molar-refractivity contribution is 5.68. The first-order valence-corrected chi connectivity index (χ1v) is 34.8. The van der Waals surface area contributed by atoms with E-state index < -0.39 is 156 Å². The quantitative estimate of drug-likeness (QED) is 0.0151. The lowest BCUT2D eigenvalue weighted by Crippen LogP contribution is -2.74. The fourth-order valence-electron chi connectivity index (χ4n) is 13.1. The average Bonchev–Trinajstić information content (AvgIpc) is 0.695. The van der Waals surface area contributed by atoms with E-state index in [1.54, 1.807) is 48.5 Å². The Morgan fingerprint density at radius 1 is 0.252 bits per heavy atom. The summed E-state index contributed by atoms with van der Waals surface area (Å²) in [5, 5.41) is 98.9. The van der Waals surface area contributed by atoms with E-state index >= 15 is 0 Å². The first kappa shape index (κ1) is 85.0. The van der Waals surface area contributed by atoms with Gasteiger partial charge in [0, 0.05) is 105 Å². The van der Waals surface area contributed by atoms with Crippen LogP contribution in [-0.2, 0) is 0 Å². The lowest BCUT2D eigenvalue weighted by molar-refractivity contribution is -0.461. The van der Waals surface area contributed by atoms with Gasteiger partial charge in [-0.15, -0.1) is 0 Å². The van der Waals surface area contributed by atoms with Crippen molar-refractivity contribution in [3.05, 3.63) is 212 Å². The second-order valence-electron chi connectivity index (χ2n) is 26.9. The van der Waals surface area contributed by atoms with E-state index in [-0.39, 0.29) is 86.6 Å². The Bertz CT molecular complexity index is 4500. The van der Waals surface area contributed by atoms with Gasteiger partial charge < -0.3 is 59.8 Å². The Labute approximate surface area is 621 Å². The summed E-state index contributed by atoms with van der Waals surface area (Å²) < 4.78 is 301. The Hall–Kier alpha value is -10.0. The van der Waals surface area contributed by atoms with E-state index in [1.807, 2.05) is 13.8 Å². The van der Waals surface area contributed by atoms with Gasteiger partial charge in [-0.25, -0.2) is 0 Å². The molecule has 4 unspecified atom stereocenters. The Morgan fingerprint density at radius 3 is 0.676 bits per heavy atom. The second kappa shape index (κ2) is 33.1. The van der Waals surface area contributed by atoms with Crippen LogP contribution in [0.4, 0.5) is 87.8 Å². The molecular weight excluding hydrogens is 1520 g/mol. The largest absolute Gasteiger partial charge is 0.507 e. The van der Waals surface area contributed by atoms with Crippen molar-refractivity contribution in [1.29, 1.82) is 0 Å². The molecule has 0 saturated heterocycles. The maximum Gasteiger partial charge on any atom is 0.460 e. The minimum atomic E-state index is -8.79. The van der Waals surface area contributed by atoms with Crippen molar-refractivity contribution in [3.63, 3.8) is 0 Å². The average molecular weight is 1600 g/mol. The predicted molar refractivity (Wildman–Crippen MR) is 364 cm³/mol.